The van der Waals surface area contributed by atoms with Gasteiger partial charge in [0, 0.05) is 25.6 Å². The second-order valence-corrected chi connectivity index (χ2v) is 12.3. The number of carbonyl (C=O) groups excluding carboxylic acids is 1. The molecule has 202 valence electrons. The summed E-state index contributed by atoms with van der Waals surface area (Å²) in [6.45, 7) is 1.66. The zero-order valence-corrected chi connectivity index (χ0v) is 22.1. The molecule has 0 radical (unpaired) electrons. The highest BCUT2D eigenvalue weighted by atomic mass is 16.5. The second kappa shape index (κ2) is 8.70. The maximum Gasteiger partial charge on any atom is 0.222 e. The van der Waals surface area contributed by atoms with Crippen LogP contribution in [0.5, 0.6) is 11.5 Å². The first-order valence-electron chi connectivity index (χ1n) is 14.3. The number of aromatic hydroxyl groups is 1. The van der Waals surface area contributed by atoms with Gasteiger partial charge >= 0.3 is 0 Å². The molecular weight excluding hydrogens is 480 g/mol. The number of phenolic OH excluding ortho intramolecular Hbond substituents is 1. The molecule has 2 aliphatic heterocycles. The maximum absolute atomic E-state index is 13.4. The van der Waals surface area contributed by atoms with Crippen molar-refractivity contribution in [3.8, 4) is 11.5 Å². The Kier molecular flexibility index (Phi) is 5.59. The number of carbonyl (C=O) groups is 1. The molecule has 7 heteroatoms. The highest BCUT2D eigenvalue weighted by Gasteiger charge is 2.75. The van der Waals surface area contributed by atoms with Gasteiger partial charge in [0.05, 0.1) is 29.2 Å². The summed E-state index contributed by atoms with van der Waals surface area (Å²) in [6, 6.07) is 13.0. The third-order valence-corrected chi connectivity index (χ3v) is 10.4. The number of hydrogen-bond donors (Lipinski definition) is 3. The van der Waals surface area contributed by atoms with Crippen molar-refractivity contribution in [2.75, 3.05) is 20.1 Å². The minimum absolute atomic E-state index is 0.0384. The Bertz CT molecular complexity index is 1250. The average molecular weight is 519 g/mol. The molecule has 1 amide bonds. The van der Waals surface area contributed by atoms with Gasteiger partial charge in [0.25, 0.3) is 0 Å². The number of rotatable bonds is 7. The Morgan fingerprint density at radius 2 is 1.92 bits per heavy atom. The molecular formula is C31H38N2O5. The van der Waals surface area contributed by atoms with Crippen molar-refractivity contribution in [3.63, 3.8) is 0 Å². The molecule has 7 nitrogen and oxygen atoms in total. The number of hydrogen-bond acceptors (Lipinski definition) is 6. The lowest BCUT2D eigenvalue weighted by Gasteiger charge is -2.65. The molecule has 1 saturated heterocycles. The van der Waals surface area contributed by atoms with E-state index in [1.54, 1.807) is 6.07 Å². The van der Waals surface area contributed by atoms with Crippen LogP contribution in [0.4, 0.5) is 0 Å². The number of ether oxygens (including phenoxy) is 1. The fourth-order valence-corrected chi connectivity index (χ4v) is 8.37. The van der Waals surface area contributed by atoms with Gasteiger partial charge in [0.2, 0.25) is 5.91 Å². The maximum atomic E-state index is 13.4. The fraction of sp³-hybridized carbons (Fsp3) is 0.581. The molecule has 2 saturated carbocycles. The summed E-state index contributed by atoms with van der Waals surface area (Å²) in [7, 11) is 1.86. The highest BCUT2D eigenvalue weighted by Crippen LogP contribution is 2.67. The van der Waals surface area contributed by atoms with E-state index in [0.717, 1.165) is 37.1 Å². The van der Waals surface area contributed by atoms with Crippen molar-refractivity contribution < 1.29 is 24.9 Å². The van der Waals surface area contributed by atoms with Crippen LogP contribution in [0.2, 0.25) is 0 Å². The Hall–Kier alpha value is -2.61. The Labute approximate surface area is 224 Å². The lowest BCUT2D eigenvalue weighted by molar-refractivity contribution is -0.223. The zero-order chi connectivity index (χ0) is 26.2. The molecule has 3 fully saturated rings. The van der Waals surface area contributed by atoms with Gasteiger partial charge in [-0.25, -0.2) is 0 Å². The van der Waals surface area contributed by atoms with E-state index < -0.39 is 29.3 Å². The molecule has 2 heterocycles. The third kappa shape index (κ3) is 3.34. The van der Waals surface area contributed by atoms with Crippen LogP contribution in [-0.4, -0.2) is 75.0 Å². The molecule has 2 aromatic carbocycles. The van der Waals surface area contributed by atoms with E-state index in [-0.39, 0.29) is 17.7 Å². The zero-order valence-electron chi connectivity index (χ0n) is 22.1. The number of aryl methyl sites for hydroxylation is 1. The summed E-state index contributed by atoms with van der Waals surface area (Å²) in [5.41, 5.74) is 0.806. The van der Waals surface area contributed by atoms with Crippen LogP contribution in [0.25, 0.3) is 0 Å². The van der Waals surface area contributed by atoms with Crippen molar-refractivity contribution in [1.29, 1.82) is 0 Å². The molecule has 7 rings (SSSR count). The molecule has 1 spiro atoms. The van der Waals surface area contributed by atoms with Crippen molar-refractivity contribution in [3.05, 3.63) is 59.2 Å². The van der Waals surface area contributed by atoms with Gasteiger partial charge in [-0.2, -0.15) is 0 Å². The van der Waals surface area contributed by atoms with Gasteiger partial charge < -0.3 is 25.0 Å². The summed E-state index contributed by atoms with van der Waals surface area (Å²) in [5.74, 6) is 1.14. The van der Waals surface area contributed by atoms with Crippen LogP contribution in [0.15, 0.2) is 42.5 Å². The first kappa shape index (κ1) is 24.4. The molecule has 3 aliphatic carbocycles. The monoisotopic (exact) mass is 518 g/mol. The summed E-state index contributed by atoms with van der Waals surface area (Å²) >= 11 is 0. The number of aliphatic hydroxyl groups excluding tert-OH is 1. The van der Waals surface area contributed by atoms with E-state index >= 15 is 0 Å². The largest absolute Gasteiger partial charge is 0.504 e. The number of aliphatic hydroxyl groups is 2. The smallest absolute Gasteiger partial charge is 0.222 e. The summed E-state index contributed by atoms with van der Waals surface area (Å²) in [6.07, 6.45) is 4.94. The third-order valence-electron chi connectivity index (χ3n) is 10.4. The number of phenols is 1. The highest BCUT2D eigenvalue weighted by molar-refractivity contribution is 5.76. The number of likely N-dealkylation sites (N-methyl/N-ethyl adjacent to an activating group) is 1. The first-order chi connectivity index (χ1) is 18.3. The van der Waals surface area contributed by atoms with Crippen LogP contribution < -0.4 is 4.74 Å². The number of likely N-dealkylation sites (tertiary alicyclic amines) is 1. The standard InChI is InChI=1S/C31H38N2O5/c1-32(24(35)9-5-8-19-6-3-2-4-7-19)22-14-15-31(37)28-26(36)21-12-13-23(34)27-25(21)30(31,29(22)38-27)16-17-33(28)18-20-10-11-20/h2-4,6-7,12-13,20,22,26,28-29,34,36-37H,5,8-11,14-18H2,1H3/t22-,26+,28-,29+,30+,31-/m1/s1. The molecule has 5 aliphatic rings. The van der Waals surface area contributed by atoms with Crippen molar-refractivity contribution in [1.82, 2.24) is 9.80 Å². The second-order valence-electron chi connectivity index (χ2n) is 12.3. The van der Waals surface area contributed by atoms with Crippen molar-refractivity contribution in [2.24, 2.45) is 5.92 Å². The van der Waals surface area contributed by atoms with Gasteiger partial charge in [-0.3, -0.25) is 9.69 Å². The number of piperidine rings is 1. The van der Waals surface area contributed by atoms with Gasteiger partial charge in [-0.05, 0) is 74.6 Å². The molecule has 2 aromatic rings. The van der Waals surface area contributed by atoms with E-state index in [9.17, 15) is 20.1 Å². The minimum Gasteiger partial charge on any atom is -0.504 e. The van der Waals surface area contributed by atoms with E-state index in [1.165, 1.54) is 18.4 Å². The number of nitrogens with zero attached hydrogens (tertiary/aromatic N) is 2. The van der Waals surface area contributed by atoms with Gasteiger partial charge in [-0.1, -0.05) is 36.4 Å². The summed E-state index contributed by atoms with van der Waals surface area (Å²) < 4.78 is 6.58. The fourth-order valence-electron chi connectivity index (χ4n) is 8.37. The summed E-state index contributed by atoms with van der Waals surface area (Å²) in [5, 5.41) is 35.1. The molecule has 6 atom stereocenters. The minimum atomic E-state index is -1.19. The molecule has 0 aromatic heterocycles. The lowest BCUT2D eigenvalue weighted by Crippen LogP contribution is -2.79. The number of amides is 1. The summed E-state index contributed by atoms with van der Waals surface area (Å²) in [4.78, 5) is 17.6. The van der Waals surface area contributed by atoms with Gasteiger partial charge in [-0.15, -0.1) is 0 Å². The Morgan fingerprint density at radius 3 is 2.68 bits per heavy atom. The number of benzene rings is 2. The van der Waals surface area contributed by atoms with Crippen molar-refractivity contribution >= 4 is 5.91 Å². The van der Waals surface area contributed by atoms with E-state index in [1.807, 2.05) is 36.2 Å². The van der Waals surface area contributed by atoms with Crippen LogP contribution in [0.3, 0.4) is 0 Å². The van der Waals surface area contributed by atoms with Gasteiger partial charge in [0.15, 0.2) is 11.5 Å². The van der Waals surface area contributed by atoms with Crippen LogP contribution in [0.1, 0.15) is 67.7 Å². The van der Waals surface area contributed by atoms with E-state index in [4.69, 9.17) is 4.74 Å². The lowest BCUT2D eigenvalue weighted by atomic mass is 9.47. The quantitative estimate of drug-likeness (QED) is 0.521. The predicted molar refractivity (Wildman–Crippen MR) is 142 cm³/mol. The first-order valence-corrected chi connectivity index (χ1v) is 14.3. The van der Waals surface area contributed by atoms with E-state index in [0.29, 0.717) is 37.4 Å². The Morgan fingerprint density at radius 1 is 1.13 bits per heavy atom. The van der Waals surface area contributed by atoms with Crippen LogP contribution >= 0.6 is 0 Å². The van der Waals surface area contributed by atoms with Crippen LogP contribution in [-0.2, 0) is 16.6 Å². The topological polar surface area (TPSA) is 93.5 Å². The molecule has 2 bridgehead atoms. The van der Waals surface area contributed by atoms with Crippen molar-refractivity contribution in [2.45, 2.75) is 86.7 Å². The predicted octanol–water partition coefficient (Wildman–Crippen LogP) is 3.30. The van der Waals surface area contributed by atoms with E-state index in [2.05, 4.69) is 17.0 Å². The normalized spacial score (nSPS) is 34.9. The molecule has 38 heavy (non-hydrogen) atoms. The SMILES string of the molecule is CN(C(=O)CCCc1ccccc1)[C@@H]1CC[C@@]2(O)[C@H]3[C@@H](O)c4ccc(O)c5c4[C@@]2(CCN3CC2CC2)[C@H]1O5. The molecule has 0 unspecified atom stereocenters. The average Bonchev–Trinajstić information content (AvgIpc) is 3.66. The van der Waals surface area contributed by atoms with Crippen LogP contribution in [0, 0.1) is 5.92 Å². The van der Waals surface area contributed by atoms with Gasteiger partial charge in [0.1, 0.15) is 6.10 Å². The molecule has 3 N–H and O–H groups in total. The Balaban J connectivity index is 1.20.